The van der Waals surface area contributed by atoms with Gasteiger partial charge in [-0.05, 0) is 19.1 Å². The number of aryl methyl sites for hydroxylation is 1. The quantitative estimate of drug-likeness (QED) is 0.478. The summed E-state index contributed by atoms with van der Waals surface area (Å²) in [4.78, 5) is 9.57. The van der Waals surface area contributed by atoms with Gasteiger partial charge in [0.25, 0.3) is 0 Å². The maximum atomic E-state index is 4.88. The first-order valence-corrected chi connectivity index (χ1v) is 9.06. The Labute approximate surface area is 152 Å². The van der Waals surface area contributed by atoms with Crippen molar-refractivity contribution in [2.45, 2.75) is 17.0 Å². The van der Waals surface area contributed by atoms with Crippen molar-refractivity contribution in [3.63, 3.8) is 0 Å². The fourth-order valence-electron chi connectivity index (χ4n) is 2.74. The molecule has 0 aliphatic heterocycles. The summed E-state index contributed by atoms with van der Waals surface area (Å²) in [7, 11) is 0. The zero-order valence-corrected chi connectivity index (χ0v) is 14.8. The Kier molecular flexibility index (Phi) is 4.40. The molecule has 3 aromatic carbocycles. The molecule has 4 aromatic rings. The van der Waals surface area contributed by atoms with Gasteiger partial charge >= 0.3 is 0 Å². The molecule has 1 aromatic heterocycles. The number of nitrogens with zero attached hydrogens (tertiary/aromatic N) is 1. The molecule has 2 nitrogen and oxygen atoms in total. The highest BCUT2D eigenvalue weighted by Crippen LogP contribution is 2.34. The number of imidazole rings is 1. The lowest BCUT2D eigenvalue weighted by molar-refractivity contribution is 1.06. The fraction of sp³-hybridized carbons (Fsp3) is 0.0455. The summed E-state index contributed by atoms with van der Waals surface area (Å²) in [6, 6.07) is 29.2. The molecule has 0 fully saturated rings. The third kappa shape index (κ3) is 3.52. The molecule has 122 valence electrons. The lowest BCUT2D eigenvalue weighted by Crippen LogP contribution is -1.82. The summed E-state index contributed by atoms with van der Waals surface area (Å²) in [5, 5.41) is 0.904. The van der Waals surface area contributed by atoms with E-state index in [1.807, 2.05) is 24.3 Å². The molecule has 0 spiro atoms. The second kappa shape index (κ2) is 6.99. The van der Waals surface area contributed by atoms with Crippen LogP contribution in [0.1, 0.15) is 5.56 Å². The second-order valence-corrected chi connectivity index (χ2v) is 6.97. The Bertz CT molecular complexity index is 901. The molecule has 0 unspecified atom stereocenters. The minimum atomic E-state index is 0.904. The van der Waals surface area contributed by atoms with Crippen molar-refractivity contribution in [2.75, 3.05) is 0 Å². The first kappa shape index (κ1) is 15.7. The highest BCUT2D eigenvalue weighted by molar-refractivity contribution is 7.99. The van der Waals surface area contributed by atoms with E-state index in [9.17, 15) is 0 Å². The molecule has 0 radical (unpaired) electrons. The summed E-state index contributed by atoms with van der Waals surface area (Å²) in [6.45, 7) is 2.10. The van der Waals surface area contributed by atoms with Gasteiger partial charge in [-0.1, -0.05) is 90.1 Å². The van der Waals surface area contributed by atoms with E-state index < -0.39 is 0 Å². The summed E-state index contributed by atoms with van der Waals surface area (Å²) in [5.41, 5.74) is 5.57. The predicted octanol–water partition coefficient (Wildman–Crippen LogP) is 6.20. The zero-order chi connectivity index (χ0) is 17.1. The third-order valence-corrected chi connectivity index (χ3v) is 4.92. The number of nitrogens with one attached hydrogen (secondary N) is 1. The van der Waals surface area contributed by atoms with Gasteiger partial charge in [-0.15, -0.1) is 0 Å². The highest BCUT2D eigenvalue weighted by atomic mass is 32.2. The average Bonchev–Trinajstić information content (AvgIpc) is 3.09. The smallest absolute Gasteiger partial charge is 0.171 e. The Hall–Kier alpha value is -2.78. The maximum Gasteiger partial charge on any atom is 0.171 e. The van der Waals surface area contributed by atoms with Gasteiger partial charge in [-0.3, -0.25) is 0 Å². The lowest BCUT2D eigenvalue weighted by atomic mass is 10.1. The van der Waals surface area contributed by atoms with Gasteiger partial charge in [0.1, 0.15) is 0 Å². The summed E-state index contributed by atoms with van der Waals surface area (Å²) in [6.07, 6.45) is 0. The molecule has 0 aliphatic rings. The van der Waals surface area contributed by atoms with Crippen molar-refractivity contribution in [1.82, 2.24) is 9.97 Å². The molecule has 1 N–H and O–H groups in total. The largest absolute Gasteiger partial charge is 0.332 e. The van der Waals surface area contributed by atoms with E-state index in [4.69, 9.17) is 4.98 Å². The molecule has 0 amide bonds. The Morgan fingerprint density at radius 3 is 1.96 bits per heavy atom. The number of aromatic amines is 1. The van der Waals surface area contributed by atoms with Crippen molar-refractivity contribution in [3.8, 4) is 22.5 Å². The molecule has 0 atom stereocenters. The molecule has 0 saturated heterocycles. The molecule has 0 bridgehead atoms. The Balaban J connectivity index is 1.77. The van der Waals surface area contributed by atoms with Crippen molar-refractivity contribution < 1.29 is 0 Å². The van der Waals surface area contributed by atoms with Crippen LogP contribution in [-0.4, -0.2) is 9.97 Å². The molecule has 1 heterocycles. The number of benzene rings is 3. The van der Waals surface area contributed by atoms with E-state index in [0.29, 0.717) is 0 Å². The first-order chi connectivity index (χ1) is 12.3. The molecule has 3 heteroatoms. The van der Waals surface area contributed by atoms with Crippen LogP contribution in [0.3, 0.4) is 0 Å². The standard InChI is InChI=1S/C22H18N2S/c1-16-12-14-19(15-13-16)25-22-23-20(17-8-4-2-5-9-17)21(24-22)18-10-6-3-7-11-18/h2-15H,1H3,(H,23,24). The van der Waals surface area contributed by atoms with Gasteiger partial charge in [-0.2, -0.15) is 0 Å². The van der Waals surface area contributed by atoms with Crippen molar-refractivity contribution in [1.29, 1.82) is 0 Å². The Morgan fingerprint density at radius 2 is 1.32 bits per heavy atom. The van der Waals surface area contributed by atoms with E-state index in [1.54, 1.807) is 11.8 Å². The molecule has 4 rings (SSSR count). The lowest BCUT2D eigenvalue weighted by Gasteiger charge is -2.02. The number of aromatic nitrogens is 2. The Morgan fingerprint density at radius 1 is 0.720 bits per heavy atom. The predicted molar refractivity (Wildman–Crippen MR) is 105 cm³/mol. The van der Waals surface area contributed by atoms with E-state index in [-0.39, 0.29) is 0 Å². The molecule has 25 heavy (non-hydrogen) atoms. The fourth-order valence-corrected chi connectivity index (χ4v) is 3.52. The van der Waals surface area contributed by atoms with E-state index in [0.717, 1.165) is 27.7 Å². The van der Waals surface area contributed by atoms with Gasteiger partial charge in [0.15, 0.2) is 5.16 Å². The van der Waals surface area contributed by atoms with Crippen molar-refractivity contribution in [2.24, 2.45) is 0 Å². The van der Waals surface area contributed by atoms with E-state index >= 15 is 0 Å². The topological polar surface area (TPSA) is 28.7 Å². The second-order valence-electron chi connectivity index (χ2n) is 5.91. The van der Waals surface area contributed by atoms with Gasteiger partial charge in [-0.25, -0.2) is 4.98 Å². The number of hydrogen-bond donors (Lipinski definition) is 1. The zero-order valence-electron chi connectivity index (χ0n) is 13.9. The molecule has 0 aliphatic carbocycles. The minimum absolute atomic E-state index is 0.904. The molecular formula is C22H18N2S. The van der Waals surface area contributed by atoms with Crippen LogP contribution < -0.4 is 0 Å². The van der Waals surface area contributed by atoms with Crippen LogP contribution in [0.2, 0.25) is 0 Å². The number of hydrogen-bond acceptors (Lipinski definition) is 2. The average molecular weight is 342 g/mol. The van der Waals surface area contributed by atoms with Crippen LogP contribution in [0.5, 0.6) is 0 Å². The summed E-state index contributed by atoms with van der Waals surface area (Å²) in [5.74, 6) is 0. The normalized spacial score (nSPS) is 10.8. The van der Waals surface area contributed by atoms with Crippen LogP contribution in [-0.2, 0) is 0 Å². The van der Waals surface area contributed by atoms with Crippen LogP contribution in [0, 0.1) is 6.92 Å². The highest BCUT2D eigenvalue weighted by Gasteiger charge is 2.14. The first-order valence-electron chi connectivity index (χ1n) is 8.25. The minimum Gasteiger partial charge on any atom is -0.332 e. The van der Waals surface area contributed by atoms with Crippen molar-refractivity contribution >= 4 is 11.8 Å². The van der Waals surface area contributed by atoms with Crippen LogP contribution in [0.25, 0.3) is 22.5 Å². The molecule has 0 saturated carbocycles. The van der Waals surface area contributed by atoms with Gasteiger partial charge < -0.3 is 4.98 Å². The summed E-state index contributed by atoms with van der Waals surface area (Å²) >= 11 is 1.65. The molecular weight excluding hydrogens is 324 g/mol. The maximum absolute atomic E-state index is 4.88. The van der Waals surface area contributed by atoms with Crippen molar-refractivity contribution in [3.05, 3.63) is 90.5 Å². The monoisotopic (exact) mass is 342 g/mol. The van der Waals surface area contributed by atoms with E-state index in [1.165, 1.54) is 10.5 Å². The van der Waals surface area contributed by atoms with Gasteiger partial charge in [0.2, 0.25) is 0 Å². The SMILES string of the molecule is Cc1ccc(Sc2nc(-c3ccccc3)c(-c3ccccc3)[nH]2)cc1. The van der Waals surface area contributed by atoms with Crippen LogP contribution in [0.15, 0.2) is 95.0 Å². The van der Waals surface area contributed by atoms with Crippen LogP contribution in [0.4, 0.5) is 0 Å². The van der Waals surface area contributed by atoms with Gasteiger partial charge in [0, 0.05) is 16.0 Å². The van der Waals surface area contributed by atoms with Crippen LogP contribution >= 0.6 is 11.8 Å². The third-order valence-electron chi connectivity index (χ3n) is 4.03. The van der Waals surface area contributed by atoms with Gasteiger partial charge in [0.05, 0.1) is 11.4 Å². The van der Waals surface area contributed by atoms with E-state index in [2.05, 4.69) is 72.6 Å². The summed E-state index contributed by atoms with van der Waals surface area (Å²) < 4.78 is 0. The number of rotatable bonds is 4. The number of H-pyrrole nitrogens is 1.